The summed E-state index contributed by atoms with van der Waals surface area (Å²) in [5.41, 5.74) is 1.89. The fourth-order valence-electron chi connectivity index (χ4n) is 5.90. The molecule has 0 saturated carbocycles. The summed E-state index contributed by atoms with van der Waals surface area (Å²) >= 11 is 0. The highest BCUT2D eigenvalue weighted by Gasteiger charge is 2.48. The number of amides is 5. The molecule has 2 aliphatic heterocycles. The van der Waals surface area contributed by atoms with Crippen LogP contribution in [0.2, 0.25) is 0 Å². The maximum Gasteiger partial charge on any atom is 0.417 e. The Bertz CT molecular complexity index is 1350. The molecule has 0 spiro atoms. The number of anilines is 1. The molecule has 1 unspecified atom stereocenters. The molecule has 212 valence electrons. The van der Waals surface area contributed by atoms with E-state index in [1.54, 1.807) is 23.1 Å². The minimum absolute atomic E-state index is 0.220. The summed E-state index contributed by atoms with van der Waals surface area (Å²) in [5.74, 6) is -1.62. The predicted molar refractivity (Wildman–Crippen MR) is 137 cm³/mol. The largest absolute Gasteiger partial charge is 0.440 e. The number of fused-ring (bicyclic) bond motifs is 3. The van der Waals surface area contributed by atoms with Crippen LogP contribution in [0.25, 0.3) is 0 Å². The lowest BCUT2D eigenvalue weighted by atomic mass is 9.79. The molecule has 2 heterocycles. The minimum atomic E-state index is -4.46. The number of urea groups is 1. The van der Waals surface area contributed by atoms with Gasteiger partial charge in [0.05, 0.1) is 17.5 Å². The summed E-state index contributed by atoms with van der Waals surface area (Å²) in [7, 11) is 1.50. The van der Waals surface area contributed by atoms with Gasteiger partial charge in [-0.15, -0.1) is 0 Å². The molecule has 0 bridgehead atoms. The molecule has 0 aromatic heterocycles. The Balaban J connectivity index is 1.30. The highest BCUT2D eigenvalue weighted by molar-refractivity contribution is 5.99. The third-order valence-corrected chi connectivity index (χ3v) is 7.93. The molecule has 2 N–H and O–H groups in total. The predicted octanol–water partition coefficient (Wildman–Crippen LogP) is 4.79. The van der Waals surface area contributed by atoms with Crippen molar-refractivity contribution in [3.8, 4) is 0 Å². The molecule has 3 aliphatic rings. The van der Waals surface area contributed by atoms with E-state index in [0.29, 0.717) is 42.5 Å². The SMILES string of the molecule is CNC(=O)Nc1ccc2c(c1)CC[C@H]1C(=O)N(CC(=O)N3[C@H](C)CC[C@H]3c3ccc(C(F)(F)F)cc3)C(=O)OC21. The lowest BCUT2D eigenvalue weighted by molar-refractivity contribution is -0.151. The zero-order valence-electron chi connectivity index (χ0n) is 22.0. The van der Waals surface area contributed by atoms with Crippen molar-refractivity contribution >= 4 is 29.6 Å². The van der Waals surface area contributed by atoms with Gasteiger partial charge >= 0.3 is 18.3 Å². The van der Waals surface area contributed by atoms with Gasteiger partial charge in [-0.2, -0.15) is 13.2 Å². The number of nitrogens with zero attached hydrogens (tertiary/aromatic N) is 2. The van der Waals surface area contributed by atoms with Crippen LogP contribution in [0.3, 0.4) is 0 Å². The fraction of sp³-hybridized carbons (Fsp3) is 0.429. The van der Waals surface area contributed by atoms with Crippen LogP contribution in [0.4, 0.5) is 28.4 Å². The van der Waals surface area contributed by atoms with Crippen molar-refractivity contribution in [1.82, 2.24) is 15.1 Å². The van der Waals surface area contributed by atoms with Crippen molar-refractivity contribution in [3.05, 3.63) is 64.7 Å². The number of ether oxygens (including phenoxy) is 1. The number of carbonyl (C=O) groups is 4. The Kier molecular flexibility index (Phi) is 7.19. The van der Waals surface area contributed by atoms with Gasteiger partial charge in [0, 0.05) is 18.8 Å². The number of benzene rings is 2. The Morgan fingerprint density at radius 2 is 1.77 bits per heavy atom. The number of likely N-dealkylation sites (tertiary alicyclic amines) is 1. The van der Waals surface area contributed by atoms with E-state index in [0.717, 1.165) is 22.6 Å². The van der Waals surface area contributed by atoms with E-state index in [9.17, 15) is 32.3 Å². The van der Waals surface area contributed by atoms with E-state index in [1.165, 1.54) is 19.2 Å². The molecule has 5 rings (SSSR count). The summed E-state index contributed by atoms with van der Waals surface area (Å²) in [6.07, 6.45) is -4.08. The average molecular weight is 559 g/mol. The second-order valence-electron chi connectivity index (χ2n) is 10.4. The third-order valence-electron chi connectivity index (χ3n) is 7.93. The number of carbonyl (C=O) groups excluding carboxylic acids is 4. The number of imide groups is 1. The van der Waals surface area contributed by atoms with Crippen molar-refractivity contribution in [1.29, 1.82) is 0 Å². The molecule has 1 aliphatic carbocycles. The number of aryl methyl sites for hydroxylation is 1. The Hall–Kier alpha value is -4.09. The van der Waals surface area contributed by atoms with E-state index >= 15 is 0 Å². The van der Waals surface area contributed by atoms with Gasteiger partial charge in [0.25, 0.3) is 0 Å². The van der Waals surface area contributed by atoms with Gasteiger partial charge in [0.2, 0.25) is 11.8 Å². The zero-order valence-corrected chi connectivity index (χ0v) is 22.0. The topological polar surface area (TPSA) is 108 Å². The number of rotatable bonds is 4. The molecule has 0 radical (unpaired) electrons. The van der Waals surface area contributed by atoms with Crippen molar-refractivity contribution in [2.24, 2.45) is 5.92 Å². The molecule has 40 heavy (non-hydrogen) atoms. The van der Waals surface area contributed by atoms with Crippen LogP contribution in [0.1, 0.15) is 60.6 Å². The summed E-state index contributed by atoms with van der Waals surface area (Å²) < 4.78 is 44.7. The third kappa shape index (κ3) is 5.09. The molecule has 2 saturated heterocycles. The molecular weight excluding hydrogens is 529 g/mol. The van der Waals surface area contributed by atoms with Crippen molar-refractivity contribution < 1.29 is 37.1 Å². The summed E-state index contributed by atoms with van der Waals surface area (Å²) in [4.78, 5) is 53.9. The maximum absolute atomic E-state index is 13.4. The molecular formula is C28H29F3N4O5. The Labute approximate surface area is 228 Å². The van der Waals surface area contributed by atoms with Gasteiger partial charge in [0.1, 0.15) is 12.6 Å². The number of alkyl halides is 3. The van der Waals surface area contributed by atoms with E-state index < -0.39 is 54.3 Å². The first-order valence-corrected chi connectivity index (χ1v) is 13.1. The number of hydrogen-bond donors (Lipinski definition) is 2. The van der Waals surface area contributed by atoms with Crippen LogP contribution >= 0.6 is 0 Å². The normalized spacial score (nSPS) is 24.2. The summed E-state index contributed by atoms with van der Waals surface area (Å²) in [6, 6.07) is 8.83. The second-order valence-corrected chi connectivity index (χ2v) is 10.4. The van der Waals surface area contributed by atoms with Crippen LogP contribution in [0, 0.1) is 5.92 Å². The first-order valence-electron chi connectivity index (χ1n) is 13.1. The smallest absolute Gasteiger partial charge is 0.417 e. The van der Waals surface area contributed by atoms with Crippen molar-refractivity contribution in [2.45, 2.75) is 57.0 Å². The van der Waals surface area contributed by atoms with Crippen LogP contribution < -0.4 is 10.6 Å². The lowest BCUT2D eigenvalue weighted by Gasteiger charge is -2.40. The van der Waals surface area contributed by atoms with Gasteiger partial charge in [-0.1, -0.05) is 18.2 Å². The van der Waals surface area contributed by atoms with Gasteiger partial charge in [-0.05, 0) is 73.6 Å². The van der Waals surface area contributed by atoms with Crippen molar-refractivity contribution in [3.63, 3.8) is 0 Å². The number of nitrogens with one attached hydrogen (secondary N) is 2. The zero-order chi connectivity index (χ0) is 28.8. The van der Waals surface area contributed by atoms with Crippen LogP contribution in [0.15, 0.2) is 42.5 Å². The second kappa shape index (κ2) is 10.5. The Morgan fingerprint density at radius 3 is 2.45 bits per heavy atom. The van der Waals surface area contributed by atoms with Gasteiger partial charge in [0.15, 0.2) is 0 Å². The average Bonchev–Trinajstić information content (AvgIpc) is 3.31. The summed E-state index contributed by atoms with van der Waals surface area (Å²) in [5, 5.41) is 5.16. The van der Waals surface area contributed by atoms with E-state index in [2.05, 4.69) is 10.6 Å². The van der Waals surface area contributed by atoms with E-state index in [-0.39, 0.29) is 12.1 Å². The number of halogens is 3. The molecule has 12 heteroatoms. The van der Waals surface area contributed by atoms with E-state index in [1.807, 2.05) is 6.92 Å². The standard InChI is InChI=1S/C28H29F3N4O5/c1-15-3-12-22(16-4-7-18(8-5-16)28(29,30)31)35(15)23(36)14-34-25(37)21-10-6-17-13-19(33-26(38)32-2)9-11-20(17)24(21)40-27(34)39/h4-5,7-9,11,13,15,21-22,24H,3,6,10,12,14H2,1-2H3,(H2,32,33,38)/t15-,21-,22+,24?/m1/s1. The summed E-state index contributed by atoms with van der Waals surface area (Å²) in [6.45, 7) is 1.32. The highest BCUT2D eigenvalue weighted by Crippen LogP contribution is 2.43. The van der Waals surface area contributed by atoms with Crippen LogP contribution in [-0.4, -0.2) is 53.4 Å². The molecule has 2 aromatic carbocycles. The quantitative estimate of drug-likeness (QED) is 0.561. The molecule has 2 aromatic rings. The van der Waals surface area contributed by atoms with Crippen LogP contribution in [0.5, 0.6) is 0 Å². The number of hydrogen-bond acceptors (Lipinski definition) is 5. The molecule has 4 atom stereocenters. The Morgan fingerprint density at radius 1 is 1.05 bits per heavy atom. The molecule has 2 fully saturated rings. The minimum Gasteiger partial charge on any atom is -0.440 e. The first-order chi connectivity index (χ1) is 19.0. The van der Waals surface area contributed by atoms with Gasteiger partial charge < -0.3 is 20.3 Å². The van der Waals surface area contributed by atoms with E-state index in [4.69, 9.17) is 4.74 Å². The molecule has 9 nitrogen and oxygen atoms in total. The van der Waals surface area contributed by atoms with Crippen molar-refractivity contribution in [2.75, 3.05) is 18.9 Å². The first kappa shape index (κ1) is 27.5. The maximum atomic E-state index is 13.4. The van der Waals surface area contributed by atoms with Gasteiger partial charge in [-0.25, -0.2) is 14.5 Å². The fourth-order valence-corrected chi connectivity index (χ4v) is 5.90. The van der Waals surface area contributed by atoms with Gasteiger partial charge in [-0.3, -0.25) is 9.59 Å². The van der Waals surface area contributed by atoms with Crippen LogP contribution in [-0.2, 0) is 26.9 Å². The lowest BCUT2D eigenvalue weighted by Crippen LogP contribution is -2.54. The molecule has 5 amide bonds. The monoisotopic (exact) mass is 558 g/mol. The highest BCUT2D eigenvalue weighted by atomic mass is 19.4.